The second kappa shape index (κ2) is 8.93. The fourth-order valence-electron chi connectivity index (χ4n) is 5.56. The quantitative estimate of drug-likeness (QED) is 0.405. The molecule has 7 heteroatoms. The van der Waals surface area contributed by atoms with E-state index in [9.17, 15) is 14.7 Å². The highest BCUT2D eigenvalue weighted by Gasteiger charge is 2.39. The van der Waals surface area contributed by atoms with Crippen molar-refractivity contribution in [2.24, 2.45) is 0 Å². The molecular weight excluding hydrogens is 454 g/mol. The number of aromatic nitrogens is 1. The summed E-state index contributed by atoms with van der Waals surface area (Å²) < 4.78 is 5.38. The first-order valence-corrected chi connectivity index (χ1v) is 12.2. The van der Waals surface area contributed by atoms with Crippen LogP contribution in [0.3, 0.4) is 0 Å². The topological polar surface area (TPSA) is 85.9 Å². The summed E-state index contributed by atoms with van der Waals surface area (Å²) in [5.74, 6) is 0.205. The van der Waals surface area contributed by atoms with Gasteiger partial charge in [-0.15, -0.1) is 0 Å². The van der Waals surface area contributed by atoms with E-state index in [-0.39, 0.29) is 24.4 Å². The maximum atomic E-state index is 13.1. The Labute approximate surface area is 208 Å². The van der Waals surface area contributed by atoms with Gasteiger partial charge in [0.25, 0.3) is 11.8 Å². The Kier molecular flexibility index (Phi) is 5.59. The molecule has 2 amide bonds. The zero-order valence-corrected chi connectivity index (χ0v) is 20.0. The summed E-state index contributed by atoms with van der Waals surface area (Å²) in [7, 11) is 1.62. The van der Waals surface area contributed by atoms with Crippen molar-refractivity contribution in [3.05, 3.63) is 101 Å². The first-order chi connectivity index (χ1) is 17.5. The molecule has 0 bridgehead atoms. The fraction of sp³-hybridized carbons (Fsp3) is 0.241. The number of amides is 2. The molecule has 3 aromatic carbocycles. The predicted octanol–water partition coefficient (Wildman–Crippen LogP) is 4.11. The maximum Gasteiger partial charge on any atom is 0.261 e. The van der Waals surface area contributed by atoms with Gasteiger partial charge >= 0.3 is 0 Å². The summed E-state index contributed by atoms with van der Waals surface area (Å²) in [5.41, 5.74) is 4.92. The number of benzene rings is 3. The number of aliphatic hydroxyl groups is 1. The Morgan fingerprint density at radius 3 is 2.50 bits per heavy atom. The van der Waals surface area contributed by atoms with Gasteiger partial charge < -0.3 is 14.8 Å². The van der Waals surface area contributed by atoms with Gasteiger partial charge in [0.05, 0.1) is 30.4 Å². The Balaban J connectivity index is 1.31. The van der Waals surface area contributed by atoms with E-state index in [1.165, 1.54) is 10.5 Å². The molecule has 0 fully saturated rings. The van der Waals surface area contributed by atoms with Gasteiger partial charge in [-0.05, 0) is 47.9 Å². The van der Waals surface area contributed by atoms with Gasteiger partial charge in [-0.1, -0.05) is 36.4 Å². The Morgan fingerprint density at radius 2 is 1.75 bits per heavy atom. The van der Waals surface area contributed by atoms with Gasteiger partial charge in [0.1, 0.15) is 5.75 Å². The Morgan fingerprint density at radius 1 is 1.03 bits per heavy atom. The summed E-state index contributed by atoms with van der Waals surface area (Å²) in [6, 6.07) is 20.7. The number of methoxy groups -OCH3 is 1. The maximum absolute atomic E-state index is 13.1. The highest BCUT2D eigenvalue weighted by molar-refractivity contribution is 6.21. The molecule has 2 N–H and O–H groups in total. The molecule has 0 saturated carbocycles. The van der Waals surface area contributed by atoms with E-state index in [2.05, 4.69) is 22.0 Å². The molecule has 4 aromatic rings. The van der Waals surface area contributed by atoms with Crippen LogP contribution in [0.4, 0.5) is 0 Å². The van der Waals surface area contributed by atoms with Crippen LogP contribution in [0.1, 0.15) is 49.6 Å². The van der Waals surface area contributed by atoms with Gasteiger partial charge in [-0.25, -0.2) is 0 Å². The number of carbonyl (C=O) groups excluding carboxylic acids is 2. The first-order valence-electron chi connectivity index (χ1n) is 12.2. The van der Waals surface area contributed by atoms with E-state index in [0.717, 1.165) is 34.2 Å². The summed E-state index contributed by atoms with van der Waals surface area (Å²) in [4.78, 5) is 33.1. The zero-order valence-electron chi connectivity index (χ0n) is 20.0. The largest absolute Gasteiger partial charge is 0.497 e. The summed E-state index contributed by atoms with van der Waals surface area (Å²) >= 11 is 0. The number of imide groups is 1. The molecule has 7 nitrogen and oxygen atoms in total. The highest BCUT2D eigenvalue weighted by Crippen LogP contribution is 2.35. The molecule has 0 unspecified atom stereocenters. The second-order valence-electron chi connectivity index (χ2n) is 9.40. The lowest BCUT2D eigenvalue weighted by Gasteiger charge is -2.39. The second-order valence-corrected chi connectivity index (χ2v) is 9.40. The number of rotatable bonds is 6. The van der Waals surface area contributed by atoms with Gasteiger partial charge in [0.2, 0.25) is 0 Å². The van der Waals surface area contributed by atoms with Gasteiger partial charge in [0, 0.05) is 42.3 Å². The van der Waals surface area contributed by atoms with Crippen LogP contribution in [-0.4, -0.2) is 58.4 Å². The third kappa shape index (κ3) is 3.68. The van der Waals surface area contributed by atoms with Crippen molar-refractivity contribution < 1.29 is 19.4 Å². The van der Waals surface area contributed by atoms with E-state index in [1.54, 1.807) is 31.4 Å². The molecule has 0 radical (unpaired) electrons. The van der Waals surface area contributed by atoms with E-state index >= 15 is 0 Å². The minimum absolute atomic E-state index is 0.216. The van der Waals surface area contributed by atoms with E-state index < -0.39 is 6.10 Å². The number of nitrogens with zero attached hydrogens (tertiary/aromatic N) is 2. The lowest BCUT2D eigenvalue weighted by molar-refractivity contribution is 0.0489. The SMILES string of the molecule is COc1ccc2[nH]cc([C@@H](O)CN3CCc4ccccc4[C@@H]3CN3C(=O)c4ccccc4C3=O)c2c1. The van der Waals surface area contributed by atoms with Gasteiger partial charge in [0.15, 0.2) is 0 Å². The number of H-pyrrole nitrogens is 1. The molecule has 6 rings (SSSR count). The fourth-order valence-corrected chi connectivity index (χ4v) is 5.56. The number of nitrogens with one attached hydrogen (secondary N) is 1. The van der Waals surface area contributed by atoms with Crippen LogP contribution in [0.5, 0.6) is 5.75 Å². The lowest BCUT2D eigenvalue weighted by Crippen LogP contribution is -2.45. The molecular formula is C29H27N3O4. The third-order valence-electron chi connectivity index (χ3n) is 7.44. The predicted molar refractivity (Wildman–Crippen MR) is 136 cm³/mol. The van der Waals surface area contributed by atoms with Crippen molar-refractivity contribution in [3.63, 3.8) is 0 Å². The molecule has 0 spiro atoms. The number of ether oxygens (including phenoxy) is 1. The molecule has 0 saturated heterocycles. The van der Waals surface area contributed by atoms with E-state index in [1.807, 2.05) is 36.5 Å². The number of carbonyl (C=O) groups is 2. The van der Waals surface area contributed by atoms with Gasteiger partial charge in [-0.3, -0.25) is 19.4 Å². The van der Waals surface area contributed by atoms with Crippen molar-refractivity contribution in [2.75, 3.05) is 26.7 Å². The molecule has 36 heavy (non-hydrogen) atoms. The average molecular weight is 482 g/mol. The lowest BCUT2D eigenvalue weighted by atomic mass is 9.91. The highest BCUT2D eigenvalue weighted by atomic mass is 16.5. The van der Waals surface area contributed by atoms with Crippen molar-refractivity contribution in [3.8, 4) is 5.75 Å². The average Bonchev–Trinajstić information content (AvgIpc) is 3.44. The van der Waals surface area contributed by atoms with Crippen LogP contribution in [0.25, 0.3) is 10.9 Å². The van der Waals surface area contributed by atoms with Crippen LogP contribution >= 0.6 is 0 Å². The van der Waals surface area contributed by atoms with E-state index in [0.29, 0.717) is 24.2 Å². The standard InChI is InChI=1S/C29H27N3O4/c1-36-19-10-11-25-23(14-19)24(15-30-25)27(33)17-31-13-12-18-6-2-3-7-20(18)26(31)16-32-28(34)21-8-4-5-9-22(21)29(32)35/h2-11,14-15,26-27,30,33H,12-13,16-17H2,1H3/t26-,27-/m0/s1. The minimum atomic E-state index is -0.763. The number of fused-ring (bicyclic) bond motifs is 3. The number of aromatic amines is 1. The van der Waals surface area contributed by atoms with E-state index in [4.69, 9.17) is 4.74 Å². The van der Waals surface area contributed by atoms with Crippen LogP contribution in [0.15, 0.2) is 72.9 Å². The molecule has 2 atom stereocenters. The van der Waals surface area contributed by atoms with Crippen molar-refractivity contribution in [1.82, 2.24) is 14.8 Å². The van der Waals surface area contributed by atoms with Crippen molar-refractivity contribution >= 4 is 22.7 Å². The van der Waals surface area contributed by atoms with Crippen molar-refractivity contribution in [2.45, 2.75) is 18.6 Å². The molecule has 3 heterocycles. The Bertz CT molecular complexity index is 1440. The zero-order chi connectivity index (χ0) is 24.8. The van der Waals surface area contributed by atoms with Crippen LogP contribution in [-0.2, 0) is 6.42 Å². The number of β-amino-alcohol motifs (C(OH)–C–C–N with tert-alkyl or cyclic N) is 1. The molecule has 1 aromatic heterocycles. The number of hydrogen-bond acceptors (Lipinski definition) is 5. The van der Waals surface area contributed by atoms with Crippen LogP contribution < -0.4 is 4.74 Å². The van der Waals surface area contributed by atoms with Crippen LogP contribution in [0.2, 0.25) is 0 Å². The minimum Gasteiger partial charge on any atom is -0.497 e. The summed E-state index contributed by atoms with van der Waals surface area (Å²) in [5, 5.41) is 12.3. The van der Waals surface area contributed by atoms with Gasteiger partial charge in [-0.2, -0.15) is 0 Å². The molecule has 0 aliphatic carbocycles. The van der Waals surface area contributed by atoms with Crippen LogP contribution in [0, 0.1) is 0 Å². The normalized spacial score (nSPS) is 18.4. The van der Waals surface area contributed by atoms with Crippen molar-refractivity contribution in [1.29, 1.82) is 0 Å². The molecule has 2 aliphatic heterocycles. The number of aliphatic hydroxyl groups excluding tert-OH is 1. The summed E-state index contributed by atoms with van der Waals surface area (Å²) in [6.45, 7) is 1.32. The molecule has 2 aliphatic rings. The smallest absolute Gasteiger partial charge is 0.261 e. The Hall–Kier alpha value is -3.94. The number of hydrogen-bond donors (Lipinski definition) is 2. The first kappa shape index (κ1) is 22.5. The summed E-state index contributed by atoms with van der Waals surface area (Å²) in [6.07, 6.45) is 1.91. The third-order valence-corrected chi connectivity index (χ3v) is 7.44. The molecule has 182 valence electrons. The monoisotopic (exact) mass is 481 g/mol.